The van der Waals surface area contributed by atoms with Gasteiger partial charge >= 0.3 is 6.03 Å². The number of aliphatic hydroxyl groups is 1. The predicted molar refractivity (Wildman–Crippen MR) is 93.5 cm³/mol. The summed E-state index contributed by atoms with van der Waals surface area (Å²) in [5.41, 5.74) is 0.865. The molecule has 0 bridgehead atoms. The largest absolute Gasteiger partial charge is 0.388 e. The highest BCUT2D eigenvalue weighted by Crippen LogP contribution is 2.14. The number of carbonyl (C=O) groups is 1. The van der Waals surface area contributed by atoms with Crippen molar-refractivity contribution in [2.75, 3.05) is 13.1 Å². The second-order valence-electron chi connectivity index (χ2n) is 6.08. The molecule has 0 radical (unpaired) electrons. The first-order valence-electron chi connectivity index (χ1n) is 8.28. The molecule has 1 aromatic heterocycles. The van der Waals surface area contributed by atoms with Gasteiger partial charge in [0.05, 0.1) is 6.10 Å². The maximum absolute atomic E-state index is 11.8. The van der Waals surface area contributed by atoms with Gasteiger partial charge in [0.1, 0.15) is 5.82 Å². The van der Waals surface area contributed by atoms with E-state index in [1.807, 2.05) is 43.5 Å². The zero-order valence-electron chi connectivity index (χ0n) is 14.3. The van der Waals surface area contributed by atoms with Gasteiger partial charge in [-0.05, 0) is 24.8 Å². The van der Waals surface area contributed by atoms with E-state index in [2.05, 4.69) is 27.1 Å². The Hall–Kier alpha value is -2.34. The summed E-state index contributed by atoms with van der Waals surface area (Å²) in [7, 11) is 0. The van der Waals surface area contributed by atoms with Gasteiger partial charge in [-0.25, -0.2) is 9.78 Å². The molecule has 0 aliphatic rings. The van der Waals surface area contributed by atoms with Crippen molar-refractivity contribution in [1.29, 1.82) is 0 Å². The summed E-state index contributed by atoms with van der Waals surface area (Å²) in [5, 5.41) is 15.7. The summed E-state index contributed by atoms with van der Waals surface area (Å²) in [6.45, 7) is 5.88. The minimum absolute atomic E-state index is 0.204. The van der Waals surface area contributed by atoms with Gasteiger partial charge in [0, 0.05) is 32.0 Å². The molecule has 0 saturated carbocycles. The fourth-order valence-corrected chi connectivity index (χ4v) is 2.49. The molecule has 2 atom stereocenters. The number of nitrogens with one attached hydrogen (secondary N) is 2. The Morgan fingerprint density at radius 1 is 1.29 bits per heavy atom. The van der Waals surface area contributed by atoms with Crippen LogP contribution in [0.4, 0.5) is 4.79 Å². The topological polar surface area (TPSA) is 79.2 Å². The van der Waals surface area contributed by atoms with E-state index in [1.165, 1.54) is 0 Å². The van der Waals surface area contributed by atoms with E-state index >= 15 is 0 Å². The zero-order chi connectivity index (χ0) is 17.4. The van der Waals surface area contributed by atoms with E-state index in [-0.39, 0.29) is 6.03 Å². The number of rotatable bonds is 8. The second-order valence-corrected chi connectivity index (χ2v) is 6.08. The van der Waals surface area contributed by atoms with Crippen LogP contribution in [-0.2, 0) is 6.54 Å². The molecule has 0 fully saturated rings. The molecule has 6 nitrogen and oxygen atoms in total. The number of amides is 2. The van der Waals surface area contributed by atoms with Gasteiger partial charge in [0.15, 0.2) is 0 Å². The number of imidazole rings is 1. The lowest BCUT2D eigenvalue weighted by atomic mass is 10.1. The lowest BCUT2D eigenvalue weighted by molar-refractivity contribution is 0.167. The Labute approximate surface area is 142 Å². The van der Waals surface area contributed by atoms with Crippen molar-refractivity contribution in [3.8, 4) is 0 Å². The summed E-state index contributed by atoms with van der Waals surface area (Å²) in [6.07, 6.45) is 3.65. The van der Waals surface area contributed by atoms with E-state index < -0.39 is 6.10 Å². The Bertz CT molecular complexity index is 627. The molecular weight excluding hydrogens is 304 g/mol. The molecule has 1 aromatic carbocycles. The summed E-state index contributed by atoms with van der Waals surface area (Å²) in [6, 6.07) is 9.25. The van der Waals surface area contributed by atoms with Crippen LogP contribution in [-0.4, -0.2) is 33.8 Å². The lowest BCUT2D eigenvalue weighted by Crippen LogP contribution is -2.39. The predicted octanol–water partition coefficient (Wildman–Crippen LogP) is 2.25. The smallest absolute Gasteiger partial charge is 0.314 e. The number of benzene rings is 1. The quantitative estimate of drug-likeness (QED) is 0.694. The third-order valence-electron chi connectivity index (χ3n) is 3.93. The SMILES string of the molecule is Cc1nccn1CC(C)CNC(=O)NCCC(O)c1ccccc1. The molecule has 0 aliphatic heterocycles. The molecule has 2 unspecified atom stereocenters. The van der Waals surface area contributed by atoms with E-state index in [9.17, 15) is 9.90 Å². The van der Waals surface area contributed by atoms with Crippen molar-refractivity contribution in [1.82, 2.24) is 20.2 Å². The van der Waals surface area contributed by atoms with Gasteiger partial charge in [0.25, 0.3) is 0 Å². The highest BCUT2D eigenvalue weighted by atomic mass is 16.3. The zero-order valence-corrected chi connectivity index (χ0v) is 14.3. The third-order valence-corrected chi connectivity index (χ3v) is 3.93. The summed E-state index contributed by atoms with van der Waals surface area (Å²) < 4.78 is 2.07. The third kappa shape index (κ3) is 5.70. The monoisotopic (exact) mass is 330 g/mol. The summed E-state index contributed by atoms with van der Waals surface area (Å²) in [5.74, 6) is 1.28. The first-order valence-corrected chi connectivity index (χ1v) is 8.28. The Morgan fingerprint density at radius 3 is 2.71 bits per heavy atom. The summed E-state index contributed by atoms with van der Waals surface area (Å²) >= 11 is 0. The molecule has 130 valence electrons. The standard InChI is InChI=1S/C18H26N4O2/c1-14(13-22-11-10-19-15(22)2)12-21-18(24)20-9-8-17(23)16-6-4-3-5-7-16/h3-7,10-11,14,17,23H,8-9,12-13H2,1-2H3,(H2,20,21,24). The van der Waals surface area contributed by atoms with Crippen molar-refractivity contribution in [3.05, 3.63) is 54.1 Å². The number of carbonyl (C=O) groups excluding carboxylic acids is 1. The minimum Gasteiger partial charge on any atom is -0.388 e. The van der Waals surface area contributed by atoms with Crippen LogP contribution in [0.15, 0.2) is 42.7 Å². The Morgan fingerprint density at radius 2 is 2.04 bits per heavy atom. The summed E-state index contributed by atoms with van der Waals surface area (Å²) in [4.78, 5) is 16.0. The van der Waals surface area contributed by atoms with E-state index in [0.717, 1.165) is 17.9 Å². The first kappa shape index (κ1) is 18.0. The van der Waals surface area contributed by atoms with Crippen molar-refractivity contribution >= 4 is 6.03 Å². The van der Waals surface area contributed by atoms with Gasteiger partial charge in [-0.2, -0.15) is 0 Å². The highest BCUT2D eigenvalue weighted by molar-refractivity contribution is 5.73. The van der Waals surface area contributed by atoms with Crippen LogP contribution in [0.1, 0.15) is 30.8 Å². The number of hydrogen-bond acceptors (Lipinski definition) is 3. The van der Waals surface area contributed by atoms with E-state index in [0.29, 0.717) is 25.4 Å². The first-order chi connectivity index (χ1) is 11.6. The molecule has 2 amide bonds. The number of aliphatic hydroxyl groups excluding tert-OH is 1. The molecule has 3 N–H and O–H groups in total. The average Bonchev–Trinajstić information content (AvgIpc) is 2.98. The van der Waals surface area contributed by atoms with Crippen LogP contribution in [0, 0.1) is 12.8 Å². The van der Waals surface area contributed by atoms with E-state index in [4.69, 9.17) is 0 Å². The maximum atomic E-state index is 11.8. The molecule has 6 heteroatoms. The van der Waals surface area contributed by atoms with Gasteiger partial charge in [-0.3, -0.25) is 0 Å². The van der Waals surface area contributed by atoms with Crippen LogP contribution < -0.4 is 10.6 Å². The molecule has 24 heavy (non-hydrogen) atoms. The lowest BCUT2D eigenvalue weighted by Gasteiger charge is -2.15. The average molecular weight is 330 g/mol. The molecular formula is C18H26N4O2. The maximum Gasteiger partial charge on any atom is 0.314 e. The van der Waals surface area contributed by atoms with Crippen LogP contribution in [0.25, 0.3) is 0 Å². The van der Waals surface area contributed by atoms with Gasteiger partial charge in [-0.1, -0.05) is 37.3 Å². The van der Waals surface area contributed by atoms with Crippen molar-refractivity contribution < 1.29 is 9.90 Å². The van der Waals surface area contributed by atoms with Gasteiger partial charge in [0.2, 0.25) is 0 Å². The normalized spacial score (nSPS) is 13.3. The Kier molecular flexibility index (Phi) is 6.81. The fourth-order valence-electron chi connectivity index (χ4n) is 2.49. The number of hydrogen-bond donors (Lipinski definition) is 3. The molecule has 2 rings (SSSR count). The van der Waals surface area contributed by atoms with E-state index in [1.54, 1.807) is 6.20 Å². The molecule has 0 saturated heterocycles. The van der Waals surface area contributed by atoms with Crippen LogP contribution >= 0.6 is 0 Å². The molecule has 0 spiro atoms. The van der Waals surface area contributed by atoms with Crippen LogP contribution in [0.5, 0.6) is 0 Å². The van der Waals surface area contributed by atoms with Crippen molar-refractivity contribution in [3.63, 3.8) is 0 Å². The number of aromatic nitrogens is 2. The fraction of sp³-hybridized carbons (Fsp3) is 0.444. The van der Waals surface area contributed by atoms with Gasteiger partial charge < -0.3 is 20.3 Å². The van der Waals surface area contributed by atoms with Crippen molar-refractivity contribution in [2.24, 2.45) is 5.92 Å². The van der Waals surface area contributed by atoms with Crippen LogP contribution in [0.3, 0.4) is 0 Å². The minimum atomic E-state index is -0.561. The second kappa shape index (κ2) is 9.08. The number of aryl methyl sites for hydroxylation is 1. The molecule has 0 aliphatic carbocycles. The number of nitrogens with zero attached hydrogens (tertiary/aromatic N) is 2. The van der Waals surface area contributed by atoms with Gasteiger partial charge in [-0.15, -0.1) is 0 Å². The van der Waals surface area contributed by atoms with Crippen molar-refractivity contribution in [2.45, 2.75) is 32.9 Å². The Balaban J connectivity index is 1.62. The van der Waals surface area contributed by atoms with Crippen LogP contribution in [0.2, 0.25) is 0 Å². The number of urea groups is 1. The highest BCUT2D eigenvalue weighted by Gasteiger charge is 2.09. The molecule has 1 heterocycles. The molecule has 2 aromatic rings.